The second kappa shape index (κ2) is 12.1. The van der Waals surface area contributed by atoms with E-state index in [0.29, 0.717) is 17.0 Å². The summed E-state index contributed by atoms with van der Waals surface area (Å²) in [5, 5.41) is 20.2. The van der Waals surface area contributed by atoms with Crippen molar-refractivity contribution in [2.24, 2.45) is 9.98 Å². The molecule has 42 heavy (non-hydrogen) atoms. The molecule has 0 saturated carbocycles. The quantitative estimate of drug-likeness (QED) is 0.173. The molecule has 0 fully saturated rings. The van der Waals surface area contributed by atoms with E-state index in [1.54, 1.807) is 6.21 Å². The van der Waals surface area contributed by atoms with Crippen molar-refractivity contribution in [1.29, 1.82) is 10.7 Å². The molecule has 0 aliphatic rings. The first kappa shape index (κ1) is 26.3. The van der Waals surface area contributed by atoms with E-state index in [2.05, 4.69) is 52.5 Å². The van der Waals surface area contributed by atoms with Crippen LogP contribution in [0.15, 0.2) is 156 Å². The Hall–Kier alpha value is -5.92. The predicted octanol–water partition coefficient (Wildman–Crippen LogP) is 8.94. The normalized spacial score (nSPS) is 11.5. The molecule has 0 amide bonds. The van der Waals surface area contributed by atoms with E-state index in [-0.39, 0.29) is 5.84 Å². The number of amidine groups is 2. The molecule has 6 rings (SSSR count). The van der Waals surface area contributed by atoms with Crippen LogP contribution in [0.1, 0.15) is 22.3 Å². The van der Waals surface area contributed by atoms with Crippen LogP contribution < -0.4 is 0 Å². The van der Waals surface area contributed by atoms with Gasteiger partial charge in [-0.3, -0.25) is 5.41 Å². The van der Waals surface area contributed by atoms with Crippen LogP contribution in [0.25, 0.3) is 33.0 Å². The zero-order valence-electron chi connectivity index (χ0n) is 22.8. The second-order valence-corrected chi connectivity index (χ2v) is 9.79. The van der Waals surface area contributed by atoms with Crippen LogP contribution in [0.3, 0.4) is 0 Å². The monoisotopic (exact) mass is 538 g/mol. The van der Waals surface area contributed by atoms with Gasteiger partial charge >= 0.3 is 0 Å². The van der Waals surface area contributed by atoms with Gasteiger partial charge in [0, 0.05) is 17.3 Å². The van der Waals surface area contributed by atoms with Crippen LogP contribution in [0.5, 0.6) is 0 Å². The minimum absolute atomic E-state index is 0.145. The van der Waals surface area contributed by atoms with Gasteiger partial charge < -0.3 is 0 Å². The summed E-state index contributed by atoms with van der Waals surface area (Å²) in [5.41, 5.74) is 7.53. The zero-order chi connectivity index (χ0) is 28.7. The third-order valence-electron chi connectivity index (χ3n) is 7.10. The molecule has 0 bridgehead atoms. The maximum absolute atomic E-state index is 9.17. The highest BCUT2D eigenvalue weighted by molar-refractivity contribution is 6.13. The van der Waals surface area contributed by atoms with Crippen molar-refractivity contribution in [3.8, 4) is 28.3 Å². The molecule has 198 valence electrons. The highest BCUT2D eigenvalue weighted by Crippen LogP contribution is 2.35. The van der Waals surface area contributed by atoms with Crippen molar-refractivity contribution in [1.82, 2.24) is 0 Å². The Morgan fingerprint density at radius 3 is 1.69 bits per heavy atom. The van der Waals surface area contributed by atoms with Gasteiger partial charge in [-0.05, 0) is 50.7 Å². The van der Waals surface area contributed by atoms with Crippen LogP contribution in [-0.2, 0) is 0 Å². The van der Waals surface area contributed by atoms with Gasteiger partial charge in [-0.1, -0.05) is 133 Å². The first-order valence-electron chi connectivity index (χ1n) is 13.6. The van der Waals surface area contributed by atoms with Gasteiger partial charge in [0.25, 0.3) is 0 Å². The Bertz CT molecular complexity index is 1960. The van der Waals surface area contributed by atoms with Gasteiger partial charge in [-0.2, -0.15) is 5.26 Å². The lowest BCUT2D eigenvalue weighted by Crippen LogP contribution is -2.04. The van der Waals surface area contributed by atoms with E-state index >= 15 is 0 Å². The van der Waals surface area contributed by atoms with Crippen molar-refractivity contribution in [3.63, 3.8) is 0 Å². The molecular weight excluding hydrogens is 512 g/mol. The van der Waals surface area contributed by atoms with Gasteiger partial charge in [0.1, 0.15) is 0 Å². The second-order valence-electron chi connectivity index (χ2n) is 9.79. The Morgan fingerprint density at radius 2 is 1.12 bits per heavy atom. The fourth-order valence-corrected chi connectivity index (χ4v) is 4.95. The molecule has 0 atom stereocenters. The average molecular weight is 539 g/mol. The van der Waals surface area contributed by atoms with Crippen LogP contribution in [-0.4, -0.2) is 17.9 Å². The van der Waals surface area contributed by atoms with Gasteiger partial charge in [-0.25, -0.2) is 9.98 Å². The molecule has 0 heterocycles. The number of benzene rings is 6. The SMILES string of the molecule is N#Cc1ccc(-c2cccc3c(-c4ccc(C(=N)N=C(N=Cc5ccccc5)c5ccccc5)cc4)cccc23)cc1. The van der Waals surface area contributed by atoms with E-state index in [1.807, 2.05) is 109 Å². The standard InChI is InChI=1S/C38H26N4/c39-25-27-17-19-29(20-18-27)33-13-7-16-36-34(14-8-15-35(33)36)30-21-23-31(24-22-30)37(40)42-38(32-11-5-2-6-12-32)41-26-28-9-3-1-4-10-28/h1-24,26,40H. The molecule has 6 aromatic carbocycles. The van der Waals surface area contributed by atoms with Crippen molar-refractivity contribution in [3.05, 3.63) is 168 Å². The number of nitriles is 1. The van der Waals surface area contributed by atoms with E-state index < -0.39 is 0 Å². The van der Waals surface area contributed by atoms with Gasteiger partial charge in [-0.15, -0.1) is 0 Å². The number of fused-ring (bicyclic) bond motifs is 1. The maximum Gasteiger partial charge on any atom is 0.161 e. The number of hydrogen-bond acceptors (Lipinski definition) is 2. The number of rotatable bonds is 5. The number of hydrogen-bond donors (Lipinski definition) is 1. The van der Waals surface area contributed by atoms with E-state index in [1.165, 1.54) is 0 Å². The minimum atomic E-state index is 0.145. The summed E-state index contributed by atoms with van der Waals surface area (Å²) in [7, 11) is 0. The van der Waals surface area contributed by atoms with E-state index in [4.69, 9.17) is 5.41 Å². The molecule has 6 aromatic rings. The highest BCUT2D eigenvalue weighted by Gasteiger charge is 2.10. The lowest BCUT2D eigenvalue weighted by atomic mass is 9.92. The van der Waals surface area contributed by atoms with Gasteiger partial charge in [0.15, 0.2) is 11.7 Å². The van der Waals surface area contributed by atoms with E-state index in [0.717, 1.165) is 44.2 Å². The third kappa shape index (κ3) is 5.67. The van der Waals surface area contributed by atoms with E-state index in [9.17, 15) is 5.26 Å². The first-order valence-corrected chi connectivity index (χ1v) is 13.6. The smallest absolute Gasteiger partial charge is 0.161 e. The summed E-state index contributed by atoms with van der Waals surface area (Å²) in [4.78, 5) is 9.26. The average Bonchev–Trinajstić information content (AvgIpc) is 3.07. The summed E-state index contributed by atoms with van der Waals surface area (Å²) in [6.07, 6.45) is 1.77. The Labute approximate surface area is 245 Å². The summed E-state index contributed by atoms with van der Waals surface area (Å²) >= 11 is 0. The molecule has 0 radical (unpaired) electrons. The molecule has 0 aliphatic carbocycles. The molecule has 4 heteroatoms. The summed E-state index contributed by atoms with van der Waals surface area (Å²) in [5.74, 6) is 0.629. The predicted molar refractivity (Wildman–Crippen MR) is 173 cm³/mol. The number of nitrogens with zero attached hydrogens (tertiary/aromatic N) is 3. The molecular formula is C38H26N4. The maximum atomic E-state index is 9.17. The molecule has 4 nitrogen and oxygen atoms in total. The Morgan fingerprint density at radius 1 is 0.571 bits per heavy atom. The van der Waals surface area contributed by atoms with Gasteiger partial charge in [0.05, 0.1) is 11.6 Å². The topological polar surface area (TPSA) is 72.4 Å². The van der Waals surface area contributed by atoms with Crippen LogP contribution in [0.4, 0.5) is 0 Å². The lowest BCUT2D eigenvalue weighted by Gasteiger charge is -2.12. The van der Waals surface area contributed by atoms with Crippen molar-refractivity contribution in [2.45, 2.75) is 0 Å². The molecule has 0 aromatic heterocycles. The largest absolute Gasteiger partial charge is 0.282 e. The molecule has 0 aliphatic heterocycles. The summed E-state index contributed by atoms with van der Waals surface area (Å²) < 4.78 is 0. The Balaban J connectivity index is 1.32. The van der Waals surface area contributed by atoms with Gasteiger partial charge in [0.2, 0.25) is 0 Å². The van der Waals surface area contributed by atoms with Crippen molar-refractivity contribution >= 4 is 28.7 Å². The summed E-state index contributed by atoms with van der Waals surface area (Å²) in [6, 6.07) is 50.1. The molecule has 0 unspecified atom stereocenters. The fourth-order valence-electron chi connectivity index (χ4n) is 4.95. The number of aliphatic imine (C=N–C) groups is 2. The van der Waals surface area contributed by atoms with Crippen molar-refractivity contribution in [2.75, 3.05) is 0 Å². The molecule has 0 spiro atoms. The van der Waals surface area contributed by atoms with Crippen LogP contribution in [0, 0.1) is 16.7 Å². The summed E-state index contributed by atoms with van der Waals surface area (Å²) in [6.45, 7) is 0. The number of nitrogens with one attached hydrogen (secondary N) is 1. The third-order valence-corrected chi connectivity index (χ3v) is 7.10. The molecule has 0 saturated heterocycles. The fraction of sp³-hybridized carbons (Fsp3) is 0. The first-order chi connectivity index (χ1) is 20.7. The highest BCUT2D eigenvalue weighted by atomic mass is 14.9. The Kier molecular flexibility index (Phi) is 7.57. The molecule has 1 N–H and O–H groups in total. The van der Waals surface area contributed by atoms with Crippen molar-refractivity contribution < 1.29 is 0 Å². The lowest BCUT2D eigenvalue weighted by molar-refractivity contribution is 1.40. The van der Waals surface area contributed by atoms with Crippen LogP contribution in [0.2, 0.25) is 0 Å². The van der Waals surface area contributed by atoms with Crippen LogP contribution >= 0.6 is 0 Å². The minimum Gasteiger partial charge on any atom is -0.282 e. The zero-order valence-corrected chi connectivity index (χ0v) is 22.8.